The van der Waals surface area contributed by atoms with E-state index < -0.39 is 22.2 Å². The van der Waals surface area contributed by atoms with Crippen LogP contribution in [0, 0.1) is 10.1 Å². The molecule has 1 aromatic rings. The van der Waals surface area contributed by atoms with Crippen LogP contribution < -0.4 is 10.8 Å². The molecule has 0 saturated carbocycles. The minimum Gasteiger partial charge on any atom is -0.444 e. The second-order valence-corrected chi connectivity index (χ2v) is 7.54. The van der Waals surface area contributed by atoms with Crippen LogP contribution in [-0.2, 0) is 20.9 Å². The first-order valence-corrected chi connectivity index (χ1v) is 8.82. The van der Waals surface area contributed by atoms with Gasteiger partial charge in [-0.25, -0.2) is 4.79 Å². The number of amides is 1. The molecule has 3 N–H and O–H groups in total. The van der Waals surface area contributed by atoms with Crippen molar-refractivity contribution in [3.8, 4) is 0 Å². The Bertz CT molecular complexity index is 709. The van der Waals surface area contributed by atoms with Crippen molar-refractivity contribution >= 4 is 17.7 Å². The van der Waals surface area contributed by atoms with Gasteiger partial charge in [-0.05, 0) is 40.7 Å². The average molecular weight is 416 g/mol. The highest BCUT2D eigenvalue weighted by atomic mass is 16.7. The molecule has 1 rings (SSSR count). The minimum absolute atomic E-state index is 0.0381. The molecule has 1 heterocycles. The molecule has 0 radical (unpaired) electrons. The summed E-state index contributed by atoms with van der Waals surface area (Å²) in [6.07, 6.45) is -0.551. The number of furan rings is 1. The molecule has 0 unspecified atom stereocenters. The molecule has 0 atom stereocenters. The first-order chi connectivity index (χ1) is 13.4. The molecule has 12 heteroatoms. The van der Waals surface area contributed by atoms with Crippen LogP contribution in [0.25, 0.3) is 0 Å². The molecule has 12 nitrogen and oxygen atoms in total. The molecule has 0 aliphatic carbocycles. The summed E-state index contributed by atoms with van der Waals surface area (Å²) in [5.74, 6) is -0.112. The summed E-state index contributed by atoms with van der Waals surface area (Å²) in [4.78, 5) is 26.8. The van der Waals surface area contributed by atoms with E-state index in [9.17, 15) is 20.1 Å². The lowest BCUT2D eigenvalue weighted by Crippen LogP contribution is -2.49. The van der Waals surface area contributed by atoms with Crippen LogP contribution in [-0.4, -0.2) is 52.8 Å². The number of nitro groups is 1. The maximum absolute atomic E-state index is 11.5. The first-order valence-electron chi connectivity index (χ1n) is 8.82. The van der Waals surface area contributed by atoms with Gasteiger partial charge in [0.05, 0.1) is 24.8 Å². The number of nitrogens with one attached hydrogen (secondary N) is 2. The second-order valence-electron chi connectivity index (χ2n) is 7.54. The third-order valence-electron chi connectivity index (χ3n) is 3.35. The van der Waals surface area contributed by atoms with Gasteiger partial charge in [0, 0.05) is 6.54 Å². The predicted molar refractivity (Wildman–Crippen MR) is 102 cm³/mol. The van der Waals surface area contributed by atoms with Gasteiger partial charge in [0.2, 0.25) is 0 Å². The lowest BCUT2D eigenvalue weighted by Gasteiger charge is -2.26. The van der Waals surface area contributed by atoms with Gasteiger partial charge in [-0.3, -0.25) is 15.0 Å². The van der Waals surface area contributed by atoms with E-state index in [1.54, 1.807) is 34.6 Å². The highest BCUT2D eigenvalue weighted by Crippen LogP contribution is 2.16. The number of hydroxylamine groups is 1. The molecule has 1 aromatic heterocycles. The largest absolute Gasteiger partial charge is 0.444 e. The summed E-state index contributed by atoms with van der Waals surface area (Å²) in [7, 11) is 0. The van der Waals surface area contributed by atoms with Crippen molar-refractivity contribution in [3.63, 3.8) is 0 Å². The lowest BCUT2D eigenvalue weighted by molar-refractivity contribution is -0.402. The van der Waals surface area contributed by atoms with Crippen molar-refractivity contribution in [1.82, 2.24) is 10.8 Å². The number of carbonyl (C=O) groups excluding carboxylic acids is 1. The van der Waals surface area contributed by atoms with Crippen molar-refractivity contribution < 1.29 is 33.7 Å². The first kappa shape index (κ1) is 24.3. The molecular formula is C17H28N4O8. The Balaban J connectivity index is 2.34. The van der Waals surface area contributed by atoms with Crippen molar-refractivity contribution in [1.29, 1.82) is 0 Å². The maximum atomic E-state index is 11.5. The van der Waals surface area contributed by atoms with E-state index in [0.717, 1.165) is 0 Å². The molecule has 29 heavy (non-hydrogen) atoms. The lowest BCUT2D eigenvalue weighted by atomic mass is 10.0. The van der Waals surface area contributed by atoms with Gasteiger partial charge in [-0.1, -0.05) is 5.16 Å². The number of carbonyl (C=O) groups is 1. The summed E-state index contributed by atoms with van der Waals surface area (Å²) in [5, 5.41) is 25.6. The Morgan fingerprint density at radius 1 is 1.31 bits per heavy atom. The molecule has 0 aliphatic rings. The molecule has 0 fully saturated rings. The van der Waals surface area contributed by atoms with E-state index in [1.807, 2.05) is 0 Å². The smallest absolute Gasteiger partial charge is 0.433 e. The Morgan fingerprint density at radius 3 is 2.55 bits per heavy atom. The monoisotopic (exact) mass is 416 g/mol. The molecule has 1 amide bonds. The molecule has 0 bridgehead atoms. The van der Waals surface area contributed by atoms with Crippen molar-refractivity contribution in [3.05, 3.63) is 28.0 Å². The van der Waals surface area contributed by atoms with E-state index in [-0.39, 0.29) is 43.7 Å². The summed E-state index contributed by atoms with van der Waals surface area (Å²) in [6.45, 7) is 8.91. The zero-order chi connectivity index (χ0) is 22.1. The number of nitrogens with zero attached hydrogens (tertiary/aromatic N) is 2. The summed E-state index contributed by atoms with van der Waals surface area (Å²) < 4.78 is 15.5. The summed E-state index contributed by atoms with van der Waals surface area (Å²) in [5.41, 5.74) is 1.47. The molecular weight excluding hydrogens is 388 g/mol. The fourth-order valence-corrected chi connectivity index (χ4v) is 1.93. The number of oxime groups is 1. The molecule has 0 saturated heterocycles. The van der Waals surface area contributed by atoms with Crippen molar-refractivity contribution in [2.75, 3.05) is 19.8 Å². The van der Waals surface area contributed by atoms with Crippen LogP contribution in [0.4, 0.5) is 10.7 Å². The number of hydrogen-bond acceptors (Lipinski definition) is 10. The van der Waals surface area contributed by atoms with Gasteiger partial charge in [-0.2, -0.15) is 5.48 Å². The van der Waals surface area contributed by atoms with Crippen molar-refractivity contribution in [2.45, 2.75) is 52.4 Å². The predicted octanol–water partition coefficient (Wildman–Crippen LogP) is 2.36. The number of hydrogen-bond donors (Lipinski definition) is 3. The van der Waals surface area contributed by atoms with Gasteiger partial charge in [0.25, 0.3) is 0 Å². The normalized spacial score (nSPS) is 12.7. The highest BCUT2D eigenvalue weighted by Gasteiger charge is 2.26. The quantitative estimate of drug-likeness (QED) is 0.162. The zero-order valence-corrected chi connectivity index (χ0v) is 17.2. The third-order valence-corrected chi connectivity index (χ3v) is 3.35. The van der Waals surface area contributed by atoms with Crippen LogP contribution in [0.3, 0.4) is 0 Å². The molecule has 164 valence electrons. The number of alkyl carbamates (subject to hydrolysis) is 1. The van der Waals surface area contributed by atoms with Crippen LogP contribution >= 0.6 is 0 Å². The molecule has 0 aliphatic heterocycles. The van der Waals surface area contributed by atoms with E-state index in [4.69, 9.17) is 18.7 Å². The van der Waals surface area contributed by atoms with Crippen LogP contribution in [0.2, 0.25) is 0 Å². The van der Waals surface area contributed by atoms with Crippen molar-refractivity contribution in [2.24, 2.45) is 5.16 Å². The third kappa shape index (κ3) is 9.36. The highest BCUT2D eigenvalue weighted by molar-refractivity contribution is 5.93. The zero-order valence-electron chi connectivity index (χ0n) is 17.2. The SMILES string of the molecule is CC(C)(C)OC(=O)NCCONC(C)(C)C(COCc1ccc([N+](=O)[O-])o1)=NO. The topological polar surface area (TPSA) is 158 Å². The van der Waals surface area contributed by atoms with E-state index >= 15 is 0 Å². The fourth-order valence-electron chi connectivity index (χ4n) is 1.93. The van der Waals surface area contributed by atoms with Crippen LogP contribution in [0.1, 0.15) is 40.4 Å². The summed E-state index contributed by atoms with van der Waals surface area (Å²) in [6, 6.07) is 2.66. The van der Waals surface area contributed by atoms with Crippen LogP contribution in [0.5, 0.6) is 0 Å². The number of rotatable bonds is 11. The Morgan fingerprint density at radius 2 is 2.00 bits per heavy atom. The van der Waals surface area contributed by atoms with Gasteiger partial charge in [0.15, 0.2) is 0 Å². The van der Waals surface area contributed by atoms with E-state index in [0.29, 0.717) is 0 Å². The Hall–Kier alpha value is -2.70. The van der Waals surface area contributed by atoms with Gasteiger partial charge in [-0.15, -0.1) is 0 Å². The van der Waals surface area contributed by atoms with Gasteiger partial charge in [0.1, 0.15) is 28.6 Å². The van der Waals surface area contributed by atoms with Crippen LogP contribution in [0.15, 0.2) is 21.7 Å². The molecule has 0 aromatic carbocycles. The Labute approximate surface area is 168 Å². The number of ether oxygens (including phenoxy) is 2. The second kappa shape index (κ2) is 10.7. The average Bonchev–Trinajstić information content (AvgIpc) is 3.05. The maximum Gasteiger partial charge on any atom is 0.433 e. The van der Waals surface area contributed by atoms with Gasteiger partial charge < -0.3 is 24.4 Å². The van der Waals surface area contributed by atoms with Gasteiger partial charge >= 0.3 is 12.0 Å². The summed E-state index contributed by atoms with van der Waals surface area (Å²) >= 11 is 0. The molecule has 0 spiro atoms. The Kier molecular flexibility index (Phi) is 9.01. The standard InChI is InChI=1S/C17H28N4O8/c1-16(2,3)29-15(22)18-8-9-27-20-17(4,5)13(19-23)11-26-10-12-6-7-14(28-12)21(24)25/h6-7,20,23H,8-11H2,1-5H3,(H,18,22). The minimum atomic E-state index is -0.893. The van der Waals surface area contributed by atoms with E-state index in [1.165, 1.54) is 12.1 Å². The van der Waals surface area contributed by atoms with E-state index in [2.05, 4.69) is 16.0 Å². The fraction of sp³-hybridized carbons (Fsp3) is 0.647.